The van der Waals surface area contributed by atoms with E-state index in [1.165, 1.54) is 0 Å². The summed E-state index contributed by atoms with van der Waals surface area (Å²) in [6, 6.07) is 4.28. The van der Waals surface area contributed by atoms with Crippen molar-refractivity contribution in [3.05, 3.63) is 22.6 Å². The number of hydrogen-bond acceptors (Lipinski definition) is 3. The molecule has 1 aromatic rings. The van der Waals surface area contributed by atoms with E-state index in [9.17, 15) is 0 Å². The number of halogens is 1. The van der Waals surface area contributed by atoms with Crippen molar-refractivity contribution in [2.75, 3.05) is 27.2 Å². The van der Waals surface area contributed by atoms with Crippen LogP contribution in [0.25, 0.3) is 0 Å². The summed E-state index contributed by atoms with van der Waals surface area (Å²) in [5.74, 6) is 1.01. The van der Waals surface area contributed by atoms with Gasteiger partial charge >= 0.3 is 0 Å². The monoisotopic (exact) mass is 274 g/mol. The molecule has 0 amide bonds. The summed E-state index contributed by atoms with van der Waals surface area (Å²) in [6.07, 6.45) is 1.15. The summed E-state index contributed by atoms with van der Waals surface area (Å²) in [4.78, 5) is 2.29. The molecular weight excluding hydrogens is 256 g/mol. The molecule has 86 valence electrons. The summed E-state index contributed by atoms with van der Waals surface area (Å²) in [5, 5.41) is 3.15. The molecule has 0 aliphatic heterocycles. The van der Waals surface area contributed by atoms with Gasteiger partial charge in [-0.1, -0.05) is 0 Å². The molecule has 1 rings (SSSR count). The molecule has 0 aliphatic rings. The molecule has 3 nitrogen and oxygen atoms in total. The Hall–Kier alpha value is -0.320. The maximum absolute atomic E-state index is 5.53. The first-order chi connectivity index (χ1) is 7.15. The Morgan fingerprint density at radius 2 is 2.27 bits per heavy atom. The van der Waals surface area contributed by atoms with Crippen molar-refractivity contribution in [2.24, 2.45) is 0 Å². The first-order valence-electron chi connectivity index (χ1n) is 5.25. The van der Waals surface area contributed by atoms with Gasteiger partial charge in [0.15, 0.2) is 4.67 Å². The molecule has 0 aliphatic carbocycles. The Morgan fingerprint density at radius 1 is 1.53 bits per heavy atom. The SMILES string of the molecule is CNCCCN(C)C(C)c1ccc(Br)o1. The lowest BCUT2D eigenvalue weighted by atomic mass is 10.2. The maximum atomic E-state index is 5.53. The van der Waals surface area contributed by atoms with E-state index < -0.39 is 0 Å². The molecule has 1 N–H and O–H groups in total. The quantitative estimate of drug-likeness (QED) is 0.809. The van der Waals surface area contributed by atoms with Gasteiger partial charge in [-0.25, -0.2) is 0 Å². The van der Waals surface area contributed by atoms with Gasteiger partial charge in [-0.3, -0.25) is 4.90 Å². The number of rotatable bonds is 6. The second kappa shape index (κ2) is 6.30. The van der Waals surface area contributed by atoms with Gasteiger partial charge in [-0.05, 0) is 68.6 Å². The number of nitrogens with one attached hydrogen (secondary N) is 1. The van der Waals surface area contributed by atoms with E-state index in [0.29, 0.717) is 6.04 Å². The highest BCUT2D eigenvalue weighted by Gasteiger charge is 2.14. The third-order valence-corrected chi connectivity index (χ3v) is 3.03. The Labute approximate surface area is 100.0 Å². The van der Waals surface area contributed by atoms with Crippen molar-refractivity contribution in [3.63, 3.8) is 0 Å². The van der Waals surface area contributed by atoms with Crippen LogP contribution in [-0.2, 0) is 0 Å². The zero-order valence-electron chi connectivity index (χ0n) is 9.59. The first kappa shape index (κ1) is 12.7. The van der Waals surface area contributed by atoms with E-state index in [1.54, 1.807) is 0 Å². The van der Waals surface area contributed by atoms with Crippen molar-refractivity contribution in [1.82, 2.24) is 10.2 Å². The fraction of sp³-hybridized carbons (Fsp3) is 0.636. The number of hydrogen-bond donors (Lipinski definition) is 1. The molecule has 0 fully saturated rings. The van der Waals surface area contributed by atoms with Gasteiger partial charge in [0.25, 0.3) is 0 Å². The van der Waals surface area contributed by atoms with Crippen molar-refractivity contribution in [3.8, 4) is 0 Å². The van der Waals surface area contributed by atoms with Crippen LogP contribution in [0, 0.1) is 0 Å². The molecule has 0 saturated carbocycles. The molecule has 0 spiro atoms. The molecule has 1 aromatic heterocycles. The van der Waals surface area contributed by atoms with Crippen LogP contribution in [0.1, 0.15) is 25.1 Å². The summed E-state index contributed by atoms with van der Waals surface area (Å²) < 4.78 is 6.33. The zero-order chi connectivity index (χ0) is 11.3. The van der Waals surface area contributed by atoms with Crippen LogP contribution in [-0.4, -0.2) is 32.1 Å². The average molecular weight is 275 g/mol. The summed E-state index contributed by atoms with van der Waals surface area (Å²) in [7, 11) is 4.10. The van der Waals surface area contributed by atoms with Crippen LogP contribution in [0.2, 0.25) is 0 Å². The van der Waals surface area contributed by atoms with E-state index in [2.05, 4.69) is 40.1 Å². The predicted octanol–water partition coefficient (Wildman–Crippen LogP) is 2.64. The largest absolute Gasteiger partial charge is 0.453 e. The first-order valence-corrected chi connectivity index (χ1v) is 6.04. The highest BCUT2D eigenvalue weighted by molar-refractivity contribution is 9.10. The molecule has 1 unspecified atom stereocenters. The molecule has 0 radical (unpaired) electrons. The highest BCUT2D eigenvalue weighted by Crippen LogP contribution is 2.23. The minimum absolute atomic E-state index is 0.327. The van der Waals surface area contributed by atoms with Crippen molar-refractivity contribution >= 4 is 15.9 Å². The Morgan fingerprint density at radius 3 is 2.80 bits per heavy atom. The lowest BCUT2D eigenvalue weighted by molar-refractivity contribution is 0.226. The molecule has 0 aromatic carbocycles. The van der Waals surface area contributed by atoms with Crippen LogP contribution in [0.3, 0.4) is 0 Å². The molecule has 1 heterocycles. The maximum Gasteiger partial charge on any atom is 0.169 e. The third kappa shape index (κ3) is 3.97. The van der Waals surface area contributed by atoms with Crippen LogP contribution in [0.4, 0.5) is 0 Å². The van der Waals surface area contributed by atoms with Gasteiger partial charge in [-0.2, -0.15) is 0 Å². The highest BCUT2D eigenvalue weighted by atomic mass is 79.9. The van der Waals surface area contributed by atoms with E-state index in [1.807, 2.05) is 19.2 Å². The van der Waals surface area contributed by atoms with Crippen LogP contribution in [0.5, 0.6) is 0 Å². The molecule has 1 atom stereocenters. The van der Waals surface area contributed by atoms with Gasteiger partial charge in [0.1, 0.15) is 5.76 Å². The predicted molar refractivity (Wildman–Crippen MR) is 66.0 cm³/mol. The summed E-state index contributed by atoms with van der Waals surface area (Å²) >= 11 is 3.32. The fourth-order valence-electron chi connectivity index (χ4n) is 1.47. The second-order valence-electron chi connectivity index (χ2n) is 3.76. The van der Waals surface area contributed by atoms with Crippen LogP contribution >= 0.6 is 15.9 Å². The van der Waals surface area contributed by atoms with Crippen molar-refractivity contribution in [1.29, 1.82) is 0 Å². The number of nitrogens with zero attached hydrogens (tertiary/aromatic N) is 1. The van der Waals surface area contributed by atoms with E-state index >= 15 is 0 Å². The lowest BCUT2D eigenvalue weighted by Crippen LogP contribution is -2.25. The van der Waals surface area contributed by atoms with E-state index in [0.717, 1.165) is 29.9 Å². The minimum Gasteiger partial charge on any atom is -0.453 e. The Balaban J connectivity index is 2.42. The van der Waals surface area contributed by atoms with Crippen LogP contribution < -0.4 is 5.32 Å². The van der Waals surface area contributed by atoms with Gasteiger partial charge in [-0.15, -0.1) is 0 Å². The van der Waals surface area contributed by atoms with Crippen molar-refractivity contribution in [2.45, 2.75) is 19.4 Å². The van der Waals surface area contributed by atoms with Crippen LogP contribution in [0.15, 0.2) is 21.2 Å². The van der Waals surface area contributed by atoms with E-state index in [4.69, 9.17) is 4.42 Å². The average Bonchev–Trinajstić information content (AvgIpc) is 2.64. The van der Waals surface area contributed by atoms with Gasteiger partial charge in [0, 0.05) is 0 Å². The second-order valence-corrected chi connectivity index (χ2v) is 4.54. The van der Waals surface area contributed by atoms with Crippen molar-refractivity contribution < 1.29 is 4.42 Å². The molecule has 0 saturated heterocycles. The van der Waals surface area contributed by atoms with Gasteiger partial charge < -0.3 is 9.73 Å². The Bertz CT molecular complexity index is 288. The molecular formula is C11H19BrN2O. The topological polar surface area (TPSA) is 28.4 Å². The normalized spacial score (nSPS) is 13.4. The third-order valence-electron chi connectivity index (χ3n) is 2.60. The molecule has 15 heavy (non-hydrogen) atoms. The lowest BCUT2D eigenvalue weighted by Gasteiger charge is -2.22. The Kier molecular flexibility index (Phi) is 5.36. The van der Waals surface area contributed by atoms with Gasteiger partial charge in [0.05, 0.1) is 6.04 Å². The van der Waals surface area contributed by atoms with E-state index in [-0.39, 0.29) is 0 Å². The summed E-state index contributed by atoms with van der Waals surface area (Å²) in [5.41, 5.74) is 0. The molecule has 0 bridgehead atoms. The smallest absolute Gasteiger partial charge is 0.169 e. The summed E-state index contributed by atoms with van der Waals surface area (Å²) in [6.45, 7) is 4.28. The molecule has 4 heteroatoms. The number of furan rings is 1. The minimum atomic E-state index is 0.327. The fourth-order valence-corrected chi connectivity index (χ4v) is 1.79. The zero-order valence-corrected chi connectivity index (χ0v) is 11.2. The standard InChI is InChI=1S/C11H19BrN2O/c1-9(10-5-6-11(12)15-10)14(3)8-4-7-13-2/h5-6,9,13H,4,7-8H2,1-3H3. The van der Waals surface area contributed by atoms with Gasteiger partial charge in [0.2, 0.25) is 0 Å².